The fourth-order valence-corrected chi connectivity index (χ4v) is 6.22. The van der Waals surface area contributed by atoms with Gasteiger partial charge in [0.1, 0.15) is 16.6 Å². The highest BCUT2D eigenvalue weighted by Crippen LogP contribution is 2.31. The van der Waals surface area contributed by atoms with Crippen molar-refractivity contribution >= 4 is 45.7 Å². The molecular formula is C25H28N4O3S2. The lowest BCUT2D eigenvalue weighted by atomic mass is 10.0. The summed E-state index contributed by atoms with van der Waals surface area (Å²) in [6.07, 6.45) is 4.63. The molecule has 3 aromatic rings. The molecule has 0 unspecified atom stereocenters. The molecule has 1 aliphatic carbocycles. The van der Waals surface area contributed by atoms with Crippen LogP contribution in [0.15, 0.2) is 35.4 Å². The number of amides is 1. The standard InChI is InChI=1S/C25H28N4O3S2/c1-15-26-20-6-5-18(32-2)13-19(20)25(27-15)33-14-21(30)22-7-8-23(34-22)24(31)28-16-9-11-29(12-10-16)17-3-4-17/h5-8,13,16-17H,3-4,9-12,14H2,1-2H3,(H,28,31). The highest BCUT2D eigenvalue weighted by Gasteiger charge is 2.32. The van der Waals surface area contributed by atoms with Gasteiger partial charge in [0.05, 0.1) is 28.1 Å². The number of ether oxygens (including phenoxy) is 1. The number of thiophene rings is 1. The molecule has 1 N–H and O–H groups in total. The molecule has 34 heavy (non-hydrogen) atoms. The number of methoxy groups -OCH3 is 1. The quantitative estimate of drug-likeness (QED) is 0.282. The number of piperidine rings is 1. The van der Waals surface area contributed by atoms with Crippen LogP contribution in [0.25, 0.3) is 10.9 Å². The van der Waals surface area contributed by atoms with Gasteiger partial charge in [0.2, 0.25) is 0 Å². The Morgan fingerprint density at radius 2 is 1.88 bits per heavy atom. The van der Waals surface area contributed by atoms with Crippen LogP contribution >= 0.6 is 23.1 Å². The van der Waals surface area contributed by atoms with Gasteiger partial charge in [0.25, 0.3) is 5.91 Å². The third-order valence-corrected chi connectivity index (χ3v) is 8.47. The molecule has 3 heterocycles. The zero-order chi connectivity index (χ0) is 23.7. The normalized spacial score (nSPS) is 17.1. The van der Waals surface area contributed by atoms with Crippen LogP contribution in [0.4, 0.5) is 0 Å². The molecule has 1 aliphatic heterocycles. The largest absolute Gasteiger partial charge is 0.497 e. The Bertz CT molecular complexity index is 1220. The smallest absolute Gasteiger partial charge is 0.261 e. The minimum Gasteiger partial charge on any atom is -0.497 e. The number of fused-ring (bicyclic) bond motifs is 1. The molecule has 2 aliphatic rings. The monoisotopic (exact) mass is 496 g/mol. The van der Waals surface area contributed by atoms with Crippen molar-refractivity contribution in [2.24, 2.45) is 0 Å². The zero-order valence-corrected chi connectivity index (χ0v) is 21.0. The second kappa shape index (κ2) is 10.0. The third-order valence-electron chi connectivity index (χ3n) is 6.35. The van der Waals surface area contributed by atoms with Crippen LogP contribution in [0.2, 0.25) is 0 Å². The minimum atomic E-state index is -0.0777. The van der Waals surface area contributed by atoms with Crippen LogP contribution in [0.5, 0.6) is 5.75 Å². The lowest BCUT2D eigenvalue weighted by Crippen LogP contribution is -2.45. The van der Waals surface area contributed by atoms with Crippen LogP contribution < -0.4 is 10.1 Å². The Kier molecular flexibility index (Phi) is 6.85. The van der Waals surface area contributed by atoms with Crippen molar-refractivity contribution < 1.29 is 14.3 Å². The first-order valence-electron chi connectivity index (χ1n) is 11.6. The lowest BCUT2D eigenvalue weighted by molar-refractivity contribution is 0.0912. The number of hydrogen-bond donors (Lipinski definition) is 1. The molecular weight excluding hydrogens is 468 g/mol. The maximum absolute atomic E-state index is 12.9. The van der Waals surface area contributed by atoms with Gasteiger partial charge in [-0.05, 0) is 62.9 Å². The van der Waals surface area contributed by atoms with Gasteiger partial charge in [-0.25, -0.2) is 9.97 Å². The van der Waals surface area contributed by atoms with Gasteiger partial charge >= 0.3 is 0 Å². The predicted molar refractivity (Wildman–Crippen MR) is 135 cm³/mol. The molecule has 2 aromatic heterocycles. The van der Waals surface area contributed by atoms with Crippen molar-refractivity contribution in [3.05, 3.63) is 45.9 Å². The van der Waals surface area contributed by atoms with Crippen LogP contribution in [0.3, 0.4) is 0 Å². The van der Waals surface area contributed by atoms with Crippen molar-refractivity contribution in [1.29, 1.82) is 0 Å². The number of carbonyl (C=O) groups is 2. The van der Waals surface area contributed by atoms with Crippen LogP contribution in [-0.2, 0) is 0 Å². The number of aromatic nitrogens is 2. The summed E-state index contributed by atoms with van der Waals surface area (Å²) >= 11 is 2.65. The zero-order valence-electron chi connectivity index (χ0n) is 19.4. The molecule has 5 rings (SSSR count). The first-order chi connectivity index (χ1) is 16.5. The molecule has 0 atom stereocenters. The molecule has 1 saturated heterocycles. The van der Waals surface area contributed by atoms with Gasteiger partial charge in [0, 0.05) is 30.6 Å². The number of thioether (sulfide) groups is 1. The number of likely N-dealkylation sites (tertiary alicyclic amines) is 1. The SMILES string of the molecule is COc1ccc2nc(C)nc(SCC(=O)c3ccc(C(=O)NC4CCN(C5CC5)CC4)s3)c2c1. The van der Waals surface area contributed by atoms with Crippen LogP contribution in [-0.4, -0.2) is 64.6 Å². The Balaban J connectivity index is 1.19. The third kappa shape index (κ3) is 5.26. The Morgan fingerprint density at radius 3 is 2.62 bits per heavy atom. The van der Waals surface area contributed by atoms with E-state index in [0.717, 1.165) is 53.7 Å². The molecule has 2 fully saturated rings. The fraction of sp³-hybridized carbons (Fsp3) is 0.440. The van der Waals surface area contributed by atoms with Gasteiger partial charge in [-0.2, -0.15) is 0 Å². The van der Waals surface area contributed by atoms with Gasteiger partial charge < -0.3 is 15.0 Å². The molecule has 0 spiro atoms. The number of aryl methyl sites for hydroxylation is 1. The van der Waals surface area contributed by atoms with E-state index in [4.69, 9.17) is 4.74 Å². The van der Waals surface area contributed by atoms with Gasteiger partial charge in [-0.1, -0.05) is 11.8 Å². The van der Waals surface area contributed by atoms with E-state index >= 15 is 0 Å². The number of benzene rings is 1. The summed E-state index contributed by atoms with van der Waals surface area (Å²) in [4.78, 5) is 38.4. The number of ketones is 1. The first-order valence-corrected chi connectivity index (χ1v) is 13.4. The number of rotatable bonds is 8. The maximum Gasteiger partial charge on any atom is 0.261 e. The number of hydrogen-bond acceptors (Lipinski definition) is 8. The molecule has 0 bridgehead atoms. The number of nitrogens with one attached hydrogen (secondary N) is 1. The summed E-state index contributed by atoms with van der Waals surface area (Å²) in [5.74, 6) is 1.53. The molecule has 178 valence electrons. The summed E-state index contributed by atoms with van der Waals surface area (Å²) in [7, 11) is 1.62. The van der Waals surface area contributed by atoms with E-state index in [2.05, 4.69) is 20.2 Å². The second-order valence-electron chi connectivity index (χ2n) is 8.85. The summed E-state index contributed by atoms with van der Waals surface area (Å²) in [5, 5.41) is 4.78. The average Bonchev–Trinajstić information content (AvgIpc) is 3.57. The van der Waals surface area contributed by atoms with E-state index in [1.54, 1.807) is 19.2 Å². The minimum absolute atomic E-state index is 0.0147. The van der Waals surface area contributed by atoms with Gasteiger partial charge in [-0.3, -0.25) is 9.59 Å². The number of nitrogens with zero attached hydrogens (tertiary/aromatic N) is 3. The van der Waals surface area contributed by atoms with E-state index < -0.39 is 0 Å². The average molecular weight is 497 g/mol. The Labute approximate surface area is 207 Å². The topological polar surface area (TPSA) is 84.4 Å². The number of Topliss-reactive ketones (excluding diaryl/α,β-unsaturated/α-hetero) is 1. The van der Waals surface area contributed by atoms with E-state index in [1.165, 1.54) is 35.9 Å². The van der Waals surface area contributed by atoms with Crippen LogP contribution in [0.1, 0.15) is 50.9 Å². The molecule has 1 saturated carbocycles. The van der Waals surface area contributed by atoms with Crippen molar-refractivity contribution in [3.63, 3.8) is 0 Å². The molecule has 1 amide bonds. The highest BCUT2D eigenvalue weighted by molar-refractivity contribution is 8.00. The summed E-state index contributed by atoms with van der Waals surface area (Å²) in [6.45, 7) is 3.96. The second-order valence-corrected chi connectivity index (χ2v) is 10.9. The van der Waals surface area contributed by atoms with E-state index in [1.807, 2.05) is 25.1 Å². The molecule has 1 aromatic carbocycles. The molecule has 0 radical (unpaired) electrons. The maximum atomic E-state index is 12.9. The summed E-state index contributed by atoms with van der Waals surface area (Å²) < 4.78 is 5.33. The number of carbonyl (C=O) groups excluding carboxylic acids is 2. The summed E-state index contributed by atoms with van der Waals surface area (Å²) in [6, 6.07) is 10.2. The first kappa shape index (κ1) is 23.3. The van der Waals surface area contributed by atoms with Gasteiger partial charge in [0.15, 0.2) is 5.78 Å². The Morgan fingerprint density at radius 1 is 1.12 bits per heavy atom. The van der Waals surface area contributed by atoms with Crippen molar-refractivity contribution in [3.8, 4) is 5.75 Å². The van der Waals surface area contributed by atoms with E-state index in [0.29, 0.717) is 15.6 Å². The van der Waals surface area contributed by atoms with Crippen molar-refractivity contribution in [1.82, 2.24) is 20.2 Å². The van der Waals surface area contributed by atoms with Crippen molar-refractivity contribution in [2.75, 3.05) is 26.0 Å². The van der Waals surface area contributed by atoms with E-state index in [9.17, 15) is 9.59 Å². The summed E-state index contributed by atoms with van der Waals surface area (Å²) in [5.41, 5.74) is 0.821. The van der Waals surface area contributed by atoms with Gasteiger partial charge in [-0.15, -0.1) is 11.3 Å². The van der Waals surface area contributed by atoms with Crippen LogP contribution in [0, 0.1) is 6.92 Å². The van der Waals surface area contributed by atoms with E-state index in [-0.39, 0.29) is 23.5 Å². The predicted octanol–water partition coefficient (Wildman–Crippen LogP) is 4.34. The lowest BCUT2D eigenvalue weighted by Gasteiger charge is -2.32. The molecule has 9 heteroatoms. The fourth-order valence-electron chi connectivity index (χ4n) is 4.35. The van der Waals surface area contributed by atoms with Crippen molar-refractivity contribution in [2.45, 2.75) is 49.7 Å². The Hall–Kier alpha value is -2.49. The molecule has 7 nitrogen and oxygen atoms in total. The highest BCUT2D eigenvalue weighted by atomic mass is 32.2.